The van der Waals surface area contributed by atoms with Crippen molar-refractivity contribution >= 4 is 29.1 Å². The molecule has 1 N–H and O–H groups in total. The summed E-state index contributed by atoms with van der Waals surface area (Å²) in [6.45, 7) is 6.79. The molecule has 0 atom stereocenters. The molecular weight excluding hydrogens is 336 g/mol. The van der Waals surface area contributed by atoms with Crippen LogP contribution in [0, 0.1) is 4.91 Å². The second kappa shape index (κ2) is 6.93. The Morgan fingerprint density at radius 3 is 2.58 bits per heavy atom. The second-order valence-corrected chi connectivity index (χ2v) is 7.64. The zero-order valence-electron chi connectivity index (χ0n) is 15.3. The van der Waals surface area contributed by atoms with Crippen molar-refractivity contribution in [3.63, 3.8) is 0 Å². The first-order valence-corrected chi connectivity index (χ1v) is 8.79. The molecule has 0 saturated carbocycles. The van der Waals surface area contributed by atoms with Crippen molar-refractivity contribution in [2.45, 2.75) is 45.3 Å². The minimum absolute atomic E-state index is 0.0568. The van der Waals surface area contributed by atoms with Gasteiger partial charge in [-0.3, -0.25) is 4.79 Å². The third-order valence-corrected chi connectivity index (χ3v) is 4.55. The fourth-order valence-corrected chi connectivity index (χ4v) is 3.43. The normalized spacial score (nSPS) is 18.2. The van der Waals surface area contributed by atoms with Gasteiger partial charge in [-0.2, -0.15) is 0 Å². The number of hydrogen-bond acceptors (Lipinski definition) is 6. The van der Waals surface area contributed by atoms with E-state index in [1.54, 1.807) is 23.1 Å². The van der Waals surface area contributed by atoms with E-state index in [1.165, 1.54) is 0 Å². The molecule has 2 aliphatic rings. The summed E-state index contributed by atoms with van der Waals surface area (Å²) in [7, 11) is 0. The topological polar surface area (TPSA) is 91.3 Å². The fraction of sp³-hybridized carbons (Fsp3) is 0.556. The Kier molecular flexibility index (Phi) is 4.84. The lowest BCUT2D eigenvalue weighted by Crippen LogP contribution is -2.51. The average molecular weight is 360 g/mol. The number of nitrogens with one attached hydrogen (secondary N) is 1. The second-order valence-electron chi connectivity index (χ2n) is 7.64. The van der Waals surface area contributed by atoms with Crippen LogP contribution < -0.4 is 10.2 Å². The van der Waals surface area contributed by atoms with Gasteiger partial charge in [0.2, 0.25) is 5.91 Å². The predicted octanol–water partition coefficient (Wildman–Crippen LogP) is 3.24. The number of piperidine rings is 1. The molecule has 8 heteroatoms. The number of fused-ring (bicyclic) bond motifs is 1. The number of amides is 2. The van der Waals surface area contributed by atoms with E-state index < -0.39 is 5.60 Å². The van der Waals surface area contributed by atoms with Gasteiger partial charge in [0.15, 0.2) is 0 Å². The third-order valence-electron chi connectivity index (χ3n) is 4.55. The van der Waals surface area contributed by atoms with Crippen LogP contribution in [0.2, 0.25) is 0 Å². The summed E-state index contributed by atoms with van der Waals surface area (Å²) >= 11 is 0. The molecule has 2 heterocycles. The number of ether oxygens (including phenoxy) is 1. The average Bonchev–Trinajstić information content (AvgIpc) is 2.59. The summed E-state index contributed by atoms with van der Waals surface area (Å²) < 4.78 is 5.42. The highest BCUT2D eigenvalue weighted by Gasteiger charge is 2.34. The van der Waals surface area contributed by atoms with Gasteiger partial charge in [-0.05, 0) is 50.9 Å². The first-order chi connectivity index (χ1) is 12.3. The lowest BCUT2D eigenvalue weighted by atomic mass is 10.0. The van der Waals surface area contributed by atoms with Gasteiger partial charge in [0, 0.05) is 19.1 Å². The highest BCUT2D eigenvalue weighted by Crippen LogP contribution is 2.40. The van der Waals surface area contributed by atoms with Crippen LogP contribution >= 0.6 is 0 Å². The molecule has 0 bridgehead atoms. The molecule has 1 aromatic rings. The van der Waals surface area contributed by atoms with Gasteiger partial charge in [-0.15, -0.1) is 4.91 Å². The van der Waals surface area contributed by atoms with Gasteiger partial charge in [0.25, 0.3) is 0 Å². The Bertz CT molecular complexity index is 720. The van der Waals surface area contributed by atoms with E-state index in [4.69, 9.17) is 4.74 Å². The Morgan fingerprint density at radius 1 is 1.27 bits per heavy atom. The van der Waals surface area contributed by atoms with Crippen molar-refractivity contribution < 1.29 is 14.3 Å². The van der Waals surface area contributed by atoms with E-state index in [9.17, 15) is 14.5 Å². The van der Waals surface area contributed by atoms with Crippen LogP contribution in [0.5, 0.6) is 0 Å². The summed E-state index contributed by atoms with van der Waals surface area (Å²) in [5, 5.41) is 5.90. The van der Waals surface area contributed by atoms with Crippen LogP contribution in [0.25, 0.3) is 0 Å². The maximum Gasteiger partial charge on any atom is 0.410 e. The number of carbonyl (C=O) groups is 2. The molecule has 140 valence electrons. The Morgan fingerprint density at radius 2 is 1.96 bits per heavy atom. The molecule has 1 saturated heterocycles. The number of nitrogens with zero attached hydrogens (tertiary/aromatic N) is 3. The monoisotopic (exact) mass is 360 g/mol. The number of para-hydroxylation sites is 1. The SMILES string of the molecule is CC(C)(C)OC(=O)N1CCC(N2CC(=O)Nc3cccc(N=O)c32)CC1. The molecule has 1 fully saturated rings. The van der Waals surface area contributed by atoms with Gasteiger partial charge in [0.05, 0.1) is 17.9 Å². The zero-order chi connectivity index (χ0) is 18.9. The van der Waals surface area contributed by atoms with Crippen molar-refractivity contribution in [1.29, 1.82) is 0 Å². The smallest absolute Gasteiger partial charge is 0.410 e. The Labute approximate surface area is 152 Å². The van der Waals surface area contributed by atoms with Crippen LogP contribution in [0.4, 0.5) is 21.9 Å². The first kappa shape index (κ1) is 18.2. The van der Waals surface area contributed by atoms with Crippen molar-refractivity contribution in [2.24, 2.45) is 5.18 Å². The standard InChI is InChI=1S/C18H24N4O4/c1-18(2,3)26-17(24)21-9-7-12(8-10-21)22-11-15(23)19-13-5-4-6-14(20-25)16(13)22/h4-6,12H,7-11H2,1-3H3,(H,19,23). The zero-order valence-corrected chi connectivity index (χ0v) is 15.3. The van der Waals surface area contributed by atoms with Gasteiger partial charge >= 0.3 is 6.09 Å². The number of likely N-dealkylation sites (tertiary alicyclic amines) is 1. The third kappa shape index (κ3) is 3.79. The molecule has 0 aromatic heterocycles. The van der Waals surface area contributed by atoms with Crippen LogP contribution in [-0.4, -0.2) is 48.2 Å². The number of benzene rings is 1. The van der Waals surface area contributed by atoms with E-state index in [1.807, 2.05) is 25.7 Å². The van der Waals surface area contributed by atoms with Crippen LogP contribution in [0.15, 0.2) is 23.4 Å². The molecule has 3 rings (SSSR count). The van der Waals surface area contributed by atoms with Crippen LogP contribution in [0.1, 0.15) is 33.6 Å². The quantitative estimate of drug-likeness (QED) is 0.818. The predicted molar refractivity (Wildman–Crippen MR) is 98.7 cm³/mol. The molecule has 0 radical (unpaired) electrons. The van der Waals surface area contributed by atoms with Crippen molar-refractivity contribution in [3.8, 4) is 0 Å². The molecule has 1 aromatic carbocycles. The molecule has 0 spiro atoms. The largest absolute Gasteiger partial charge is 0.444 e. The number of anilines is 2. The van der Waals surface area contributed by atoms with E-state index in [0.717, 1.165) is 0 Å². The first-order valence-electron chi connectivity index (χ1n) is 8.79. The van der Waals surface area contributed by atoms with Crippen molar-refractivity contribution in [2.75, 3.05) is 29.9 Å². The lowest BCUT2D eigenvalue weighted by molar-refractivity contribution is -0.115. The van der Waals surface area contributed by atoms with Gasteiger partial charge in [0.1, 0.15) is 11.3 Å². The van der Waals surface area contributed by atoms with E-state index in [-0.39, 0.29) is 24.6 Å². The minimum Gasteiger partial charge on any atom is -0.444 e. The lowest BCUT2D eigenvalue weighted by Gasteiger charge is -2.42. The molecule has 8 nitrogen and oxygen atoms in total. The number of hydrogen-bond donors (Lipinski definition) is 1. The maximum atomic E-state index is 12.2. The van der Waals surface area contributed by atoms with Crippen LogP contribution in [-0.2, 0) is 9.53 Å². The number of rotatable bonds is 2. The Hall–Kier alpha value is -2.64. The summed E-state index contributed by atoms with van der Waals surface area (Å²) in [4.78, 5) is 39.1. The van der Waals surface area contributed by atoms with Crippen LogP contribution in [0.3, 0.4) is 0 Å². The maximum absolute atomic E-state index is 12.2. The summed E-state index contributed by atoms with van der Waals surface area (Å²) in [5.41, 5.74) is 1.06. The fourth-order valence-electron chi connectivity index (χ4n) is 3.43. The molecule has 0 aliphatic carbocycles. The minimum atomic E-state index is -0.525. The molecule has 2 aliphatic heterocycles. The molecule has 2 amide bonds. The number of carbonyl (C=O) groups excluding carboxylic acids is 2. The van der Waals surface area contributed by atoms with Crippen molar-refractivity contribution in [1.82, 2.24) is 4.90 Å². The summed E-state index contributed by atoms with van der Waals surface area (Å²) in [6, 6.07) is 5.17. The van der Waals surface area contributed by atoms with E-state index in [0.29, 0.717) is 43.0 Å². The molecule has 0 unspecified atom stereocenters. The highest BCUT2D eigenvalue weighted by atomic mass is 16.6. The van der Waals surface area contributed by atoms with E-state index >= 15 is 0 Å². The van der Waals surface area contributed by atoms with Crippen molar-refractivity contribution in [3.05, 3.63) is 23.1 Å². The number of nitroso groups, excluding NO2 is 1. The Balaban J connectivity index is 1.73. The molecular formula is C18H24N4O4. The summed E-state index contributed by atoms with van der Waals surface area (Å²) in [6.07, 6.45) is 1.07. The highest BCUT2D eigenvalue weighted by molar-refractivity contribution is 6.03. The summed E-state index contributed by atoms with van der Waals surface area (Å²) in [5.74, 6) is -0.116. The van der Waals surface area contributed by atoms with Gasteiger partial charge in [-0.1, -0.05) is 6.07 Å². The van der Waals surface area contributed by atoms with Gasteiger partial charge in [-0.25, -0.2) is 4.79 Å². The molecule has 26 heavy (non-hydrogen) atoms. The van der Waals surface area contributed by atoms with E-state index in [2.05, 4.69) is 10.5 Å². The van der Waals surface area contributed by atoms with Gasteiger partial charge < -0.3 is 19.9 Å².